The zero-order valence-corrected chi connectivity index (χ0v) is 15.5. The van der Waals surface area contributed by atoms with Crippen molar-refractivity contribution in [1.82, 2.24) is 0 Å². The van der Waals surface area contributed by atoms with Crippen molar-refractivity contribution < 1.29 is 17.9 Å². The lowest BCUT2D eigenvalue weighted by molar-refractivity contribution is 0.170. The Morgan fingerprint density at radius 2 is 1.46 bits per heavy atom. The molecule has 1 nitrogen and oxygen atoms in total. The predicted molar refractivity (Wildman–Crippen MR) is 97.9 cm³/mol. The highest BCUT2D eigenvalue weighted by molar-refractivity contribution is 5.33. The van der Waals surface area contributed by atoms with Gasteiger partial charge in [0.05, 0.1) is 0 Å². The first kappa shape index (κ1) is 19.3. The van der Waals surface area contributed by atoms with E-state index in [1.807, 2.05) is 0 Å². The quantitative estimate of drug-likeness (QED) is 0.514. The van der Waals surface area contributed by atoms with Gasteiger partial charge >= 0.3 is 0 Å². The smallest absolute Gasteiger partial charge is 0.228 e. The molecule has 2 aliphatic rings. The first-order valence-corrected chi connectivity index (χ1v) is 9.92. The molecule has 3 rings (SSSR count). The number of alkyl halides is 1. The first-order chi connectivity index (χ1) is 12.6. The molecule has 0 bridgehead atoms. The summed E-state index contributed by atoms with van der Waals surface area (Å²) < 4.78 is 44.6. The second-order valence-electron chi connectivity index (χ2n) is 7.88. The highest BCUT2D eigenvalue weighted by Gasteiger charge is 2.31. The van der Waals surface area contributed by atoms with Gasteiger partial charge in [-0.15, -0.1) is 0 Å². The van der Waals surface area contributed by atoms with Crippen molar-refractivity contribution in [3.8, 4) is 5.75 Å². The molecule has 1 aromatic carbocycles. The van der Waals surface area contributed by atoms with Gasteiger partial charge in [0.15, 0.2) is 17.4 Å². The first-order valence-electron chi connectivity index (χ1n) is 9.92. The molecule has 2 aliphatic carbocycles. The van der Waals surface area contributed by atoms with Crippen LogP contribution in [-0.4, -0.2) is 6.86 Å². The van der Waals surface area contributed by atoms with Gasteiger partial charge in [-0.3, -0.25) is 0 Å². The van der Waals surface area contributed by atoms with E-state index in [9.17, 15) is 13.2 Å². The second kappa shape index (κ2) is 8.96. The molecule has 0 aromatic heterocycles. The van der Waals surface area contributed by atoms with Gasteiger partial charge < -0.3 is 4.74 Å². The average molecular weight is 366 g/mol. The lowest BCUT2D eigenvalue weighted by Crippen LogP contribution is -2.25. The maximum atomic E-state index is 14.0. The molecule has 0 aliphatic heterocycles. The monoisotopic (exact) mass is 366 g/mol. The maximum absolute atomic E-state index is 14.0. The van der Waals surface area contributed by atoms with E-state index in [1.54, 1.807) is 0 Å². The van der Waals surface area contributed by atoms with Crippen LogP contribution in [0.4, 0.5) is 13.2 Å². The maximum Gasteiger partial charge on any atom is 0.228 e. The summed E-state index contributed by atoms with van der Waals surface area (Å²) in [5, 5.41) is 0. The van der Waals surface area contributed by atoms with Crippen LogP contribution in [-0.2, 0) is 0 Å². The van der Waals surface area contributed by atoms with Crippen molar-refractivity contribution in [3.05, 3.63) is 41.5 Å². The molecule has 0 N–H and O–H groups in total. The topological polar surface area (TPSA) is 9.23 Å². The van der Waals surface area contributed by atoms with Gasteiger partial charge in [-0.1, -0.05) is 12.2 Å². The Morgan fingerprint density at radius 3 is 1.96 bits per heavy atom. The van der Waals surface area contributed by atoms with Crippen LogP contribution in [0, 0.1) is 29.4 Å². The summed E-state index contributed by atoms with van der Waals surface area (Å²) in [5.74, 6) is 0.289. The van der Waals surface area contributed by atoms with Crippen LogP contribution in [0.1, 0.15) is 69.8 Å². The summed E-state index contributed by atoms with van der Waals surface area (Å²) in [6, 6.07) is 2.64. The fraction of sp³-hybridized carbons (Fsp3) is 0.636. The van der Waals surface area contributed by atoms with Gasteiger partial charge in [0.1, 0.15) is 0 Å². The van der Waals surface area contributed by atoms with Crippen molar-refractivity contribution in [3.63, 3.8) is 0 Å². The van der Waals surface area contributed by atoms with Gasteiger partial charge in [0.25, 0.3) is 0 Å². The van der Waals surface area contributed by atoms with E-state index in [-0.39, 0.29) is 5.92 Å². The molecule has 0 heterocycles. The molecule has 4 heteroatoms. The minimum Gasteiger partial charge on any atom is -0.457 e. The number of hydrogen-bond donors (Lipinski definition) is 0. The van der Waals surface area contributed by atoms with Crippen molar-refractivity contribution in [2.45, 2.75) is 64.2 Å². The Hall–Kier alpha value is -1.45. The van der Waals surface area contributed by atoms with Crippen molar-refractivity contribution >= 4 is 0 Å². The van der Waals surface area contributed by atoms with E-state index in [1.165, 1.54) is 37.8 Å². The SMILES string of the molecule is C/C=C/C1CCC(C2CCC(c3cc(F)c(OCF)c(F)c3)CC2)CC1. The van der Waals surface area contributed by atoms with E-state index in [0.717, 1.165) is 43.4 Å². The summed E-state index contributed by atoms with van der Waals surface area (Å²) in [5.41, 5.74) is 0.682. The molecule has 0 saturated heterocycles. The van der Waals surface area contributed by atoms with E-state index >= 15 is 0 Å². The number of benzene rings is 1. The minimum absolute atomic E-state index is 0.189. The zero-order valence-electron chi connectivity index (χ0n) is 15.5. The molecule has 2 fully saturated rings. The van der Waals surface area contributed by atoms with Gasteiger partial charge in [0, 0.05) is 0 Å². The fourth-order valence-electron chi connectivity index (χ4n) is 5.01. The van der Waals surface area contributed by atoms with Crippen LogP contribution in [0.15, 0.2) is 24.3 Å². The summed E-state index contributed by atoms with van der Waals surface area (Å²) >= 11 is 0. The summed E-state index contributed by atoms with van der Waals surface area (Å²) in [6.07, 6.45) is 13.9. The van der Waals surface area contributed by atoms with Crippen molar-refractivity contribution in [2.75, 3.05) is 6.86 Å². The molecule has 2 saturated carbocycles. The number of hydrogen-bond acceptors (Lipinski definition) is 1. The van der Waals surface area contributed by atoms with Crippen molar-refractivity contribution in [2.24, 2.45) is 17.8 Å². The molecular formula is C22H29F3O. The van der Waals surface area contributed by atoms with E-state index in [4.69, 9.17) is 0 Å². The standard InChI is InChI=1S/C22H29F3O/c1-2-3-15-4-6-16(7-5-15)17-8-10-18(11-9-17)19-12-20(24)22(26-14-23)21(25)13-19/h2-3,12-13,15-18H,4-11,14H2,1H3/b3-2+. The molecule has 0 atom stereocenters. The molecule has 0 radical (unpaired) electrons. The highest BCUT2D eigenvalue weighted by atomic mass is 19.1. The van der Waals surface area contributed by atoms with E-state index in [0.29, 0.717) is 5.56 Å². The molecule has 1 aromatic rings. The number of ether oxygens (including phenoxy) is 1. The molecule has 0 unspecified atom stereocenters. The molecular weight excluding hydrogens is 337 g/mol. The third-order valence-electron chi connectivity index (χ3n) is 6.41. The Bertz CT molecular complexity index is 589. The average Bonchev–Trinajstić information content (AvgIpc) is 2.66. The fourth-order valence-corrected chi connectivity index (χ4v) is 5.01. The third kappa shape index (κ3) is 4.44. The summed E-state index contributed by atoms with van der Waals surface area (Å²) in [7, 11) is 0. The molecule has 0 amide bonds. The lowest BCUT2D eigenvalue weighted by Gasteiger charge is -2.37. The second-order valence-corrected chi connectivity index (χ2v) is 7.88. The zero-order chi connectivity index (χ0) is 18.5. The summed E-state index contributed by atoms with van der Waals surface area (Å²) in [6.45, 7) is 0.865. The van der Waals surface area contributed by atoms with Crippen LogP contribution in [0.25, 0.3) is 0 Å². The van der Waals surface area contributed by atoms with Crippen LogP contribution in [0.2, 0.25) is 0 Å². The largest absolute Gasteiger partial charge is 0.457 e. The normalized spacial score (nSPS) is 29.8. The van der Waals surface area contributed by atoms with E-state index in [2.05, 4.69) is 23.8 Å². The van der Waals surface area contributed by atoms with Crippen LogP contribution in [0.5, 0.6) is 5.75 Å². The molecule has 144 valence electrons. The Labute approximate surface area is 154 Å². The van der Waals surface area contributed by atoms with Gasteiger partial charge in [-0.05, 0) is 99.7 Å². The predicted octanol–water partition coefficient (Wildman–Crippen LogP) is 6.93. The van der Waals surface area contributed by atoms with Gasteiger partial charge in [0.2, 0.25) is 6.86 Å². The van der Waals surface area contributed by atoms with Crippen molar-refractivity contribution in [1.29, 1.82) is 0 Å². The lowest BCUT2D eigenvalue weighted by atomic mass is 9.68. The number of rotatable bonds is 5. The number of halogens is 3. The molecule has 26 heavy (non-hydrogen) atoms. The Morgan fingerprint density at radius 1 is 0.923 bits per heavy atom. The van der Waals surface area contributed by atoms with Gasteiger partial charge in [-0.2, -0.15) is 0 Å². The highest BCUT2D eigenvalue weighted by Crippen LogP contribution is 2.44. The van der Waals surface area contributed by atoms with Crippen LogP contribution in [0.3, 0.4) is 0 Å². The minimum atomic E-state index is -1.23. The van der Waals surface area contributed by atoms with E-state index < -0.39 is 24.2 Å². The Balaban J connectivity index is 1.56. The third-order valence-corrected chi connectivity index (χ3v) is 6.41. The van der Waals surface area contributed by atoms with Gasteiger partial charge in [-0.25, -0.2) is 13.2 Å². The van der Waals surface area contributed by atoms with Crippen LogP contribution < -0.4 is 4.74 Å². The van der Waals surface area contributed by atoms with Crippen LogP contribution >= 0.6 is 0 Å². The molecule has 0 spiro atoms. The number of allylic oxidation sites excluding steroid dienone is 2. The summed E-state index contributed by atoms with van der Waals surface area (Å²) in [4.78, 5) is 0. The Kier molecular flexibility index (Phi) is 6.66.